The Morgan fingerprint density at radius 1 is 1.40 bits per heavy atom. The lowest BCUT2D eigenvalue weighted by Gasteiger charge is -2.26. The summed E-state index contributed by atoms with van der Waals surface area (Å²) in [5.41, 5.74) is 0.186. The SMILES string of the molecule is CC(C)CC(C)(C)CNC(=O)c1cc(C(=O)O)ccn1. The maximum absolute atomic E-state index is 12.0. The van der Waals surface area contributed by atoms with E-state index in [1.165, 1.54) is 18.3 Å². The van der Waals surface area contributed by atoms with Crippen LogP contribution in [-0.2, 0) is 0 Å². The molecule has 1 rings (SSSR count). The third-order valence-corrected chi connectivity index (χ3v) is 2.93. The molecule has 5 heteroatoms. The third-order valence-electron chi connectivity index (χ3n) is 2.93. The molecule has 1 aromatic heterocycles. The number of aromatic carboxylic acids is 1. The fourth-order valence-corrected chi connectivity index (χ4v) is 2.28. The highest BCUT2D eigenvalue weighted by Crippen LogP contribution is 2.24. The van der Waals surface area contributed by atoms with E-state index in [2.05, 4.69) is 38.0 Å². The number of carboxylic acid groups (broad SMARTS) is 1. The van der Waals surface area contributed by atoms with Crippen molar-refractivity contribution in [2.75, 3.05) is 6.54 Å². The van der Waals surface area contributed by atoms with E-state index in [0.717, 1.165) is 6.42 Å². The first-order valence-corrected chi connectivity index (χ1v) is 6.69. The smallest absolute Gasteiger partial charge is 0.335 e. The van der Waals surface area contributed by atoms with Gasteiger partial charge in [0.05, 0.1) is 5.56 Å². The number of carboxylic acids is 1. The maximum atomic E-state index is 12.0. The molecule has 2 N–H and O–H groups in total. The summed E-state index contributed by atoms with van der Waals surface area (Å²) < 4.78 is 0. The van der Waals surface area contributed by atoms with Crippen molar-refractivity contribution >= 4 is 11.9 Å². The van der Waals surface area contributed by atoms with Crippen molar-refractivity contribution in [1.82, 2.24) is 10.3 Å². The molecule has 0 spiro atoms. The van der Waals surface area contributed by atoms with Crippen LogP contribution in [0.3, 0.4) is 0 Å². The van der Waals surface area contributed by atoms with Crippen LogP contribution in [0.1, 0.15) is 55.0 Å². The largest absolute Gasteiger partial charge is 0.478 e. The Bertz CT molecular complexity index is 496. The van der Waals surface area contributed by atoms with E-state index in [4.69, 9.17) is 5.11 Å². The number of pyridine rings is 1. The van der Waals surface area contributed by atoms with Crippen molar-refractivity contribution in [2.45, 2.75) is 34.1 Å². The molecule has 0 aliphatic carbocycles. The molecule has 0 saturated carbocycles. The molecule has 0 aromatic carbocycles. The first kappa shape index (κ1) is 16.1. The lowest BCUT2D eigenvalue weighted by atomic mass is 9.84. The second-order valence-electron chi connectivity index (χ2n) is 6.18. The van der Waals surface area contributed by atoms with Crippen molar-refractivity contribution in [2.24, 2.45) is 11.3 Å². The molecule has 1 amide bonds. The number of carbonyl (C=O) groups excluding carboxylic acids is 1. The molecule has 0 saturated heterocycles. The zero-order valence-electron chi connectivity index (χ0n) is 12.4. The Morgan fingerprint density at radius 2 is 2.05 bits per heavy atom. The molecule has 0 aliphatic heterocycles. The van der Waals surface area contributed by atoms with Gasteiger partial charge in [-0.2, -0.15) is 0 Å². The summed E-state index contributed by atoms with van der Waals surface area (Å²) in [6, 6.07) is 2.65. The van der Waals surface area contributed by atoms with Crippen molar-refractivity contribution in [1.29, 1.82) is 0 Å². The van der Waals surface area contributed by atoms with Gasteiger partial charge in [-0.25, -0.2) is 4.79 Å². The third kappa shape index (κ3) is 4.99. The Labute approximate surface area is 119 Å². The van der Waals surface area contributed by atoms with Crippen LogP contribution in [0.15, 0.2) is 18.3 Å². The van der Waals surface area contributed by atoms with Crippen LogP contribution in [0.2, 0.25) is 0 Å². The quantitative estimate of drug-likeness (QED) is 0.838. The normalized spacial score (nSPS) is 11.4. The van der Waals surface area contributed by atoms with Gasteiger partial charge < -0.3 is 10.4 Å². The van der Waals surface area contributed by atoms with E-state index < -0.39 is 5.97 Å². The number of carbonyl (C=O) groups is 2. The van der Waals surface area contributed by atoms with Crippen LogP contribution < -0.4 is 5.32 Å². The topological polar surface area (TPSA) is 79.3 Å². The monoisotopic (exact) mass is 278 g/mol. The van der Waals surface area contributed by atoms with Gasteiger partial charge in [0.2, 0.25) is 0 Å². The van der Waals surface area contributed by atoms with Gasteiger partial charge in [-0.05, 0) is 29.9 Å². The summed E-state index contributed by atoms with van der Waals surface area (Å²) in [6.07, 6.45) is 2.33. The standard InChI is InChI=1S/C15H22N2O3/c1-10(2)8-15(3,4)9-17-13(18)12-7-11(14(19)20)5-6-16-12/h5-7,10H,8-9H2,1-4H3,(H,17,18)(H,19,20). The van der Waals surface area contributed by atoms with Crippen LogP contribution in [0.5, 0.6) is 0 Å². The van der Waals surface area contributed by atoms with Crippen LogP contribution in [-0.4, -0.2) is 28.5 Å². The first-order valence-electron chi connectivity index (χ1n) is 6.69. The van der Waals surface area contributed by atoms with Gasteiger partial charge in [-0.1, -0.05) is 27.7 Å². The summed E-state index contributed by atoms with van der Waals surface area (Å²) in [5, 5.41) is 11.7. The molecule has 0 bridgehead atoms. The molecule has 20 heavy (non-hydrogen) atoms. The predicted octanol–water partition coefficient (Wildman–Crippen LogP) is 2.58. The van der Waals surface area contributed by atoms with Crippen molar-refractivity contribution < 1.29 is 14.7 Å². The van der Waals surface area contributed by atoms with E-state index in [-0.39, 0.29) is 22.6 Å². The molecule has 0 unspecified atom stereocenters. The van der Waals surface area contributed by atoms with Gasteiger partial charge in [-0.15, -0.1) is 0 Å². The molecule has 0 aliphatic rings. The number of hydrogen-bond donors (Lipinski definition) is 2. The minimum atomic E-state index is -1.07. The fraction of sp³-hybridized carbons (Fsp3) is 0.533. The summed E-state index contributed by atoms with van der Waals surface area (Å²) >= 11 is 0. The Morgan fingerprint density at radius 3 is 2.60 bits per heavy atom. The van der Waals surface area contributed by atoms with Gasteiger partial charge in [0, 0.05) is 12.7 Å². The van der Waals surface area contributed by atoms with E-state index in [9.17, 15) is 9.59 Å². The van der Waals surface area contributed by atoms with Crippen LogP contribution in [0.4, 0.5) is 0 Å². The maximum Gasteiger partial charge on any atom is 0.335 e. The van der Waals surface area contributed by atoms with Crippen LogP contribution in [0, 0.1) is 11.3 Å². The molecule has 5 nitrogen and oxygen atoms in total. The Balaban J connectivity index is 2.68. The van der Waals surface area contributed by atoms with Gasteiger partial charge >= 0.3 is 5.97 Å². The predicted molar refractivity (Wildman–Crippen MR) is 76.8 cm³/mol. The highest BCUT2D eigenvalue weighted by molar-refractivity contribution is 5.95. The van der Waals surface area contributed by atoms with E-state index >= 15 is 0 Å². The number of hydrogen-bond acceptors (Lipinski definition) is 3. The van der Waals surface area contributed by atoms with Crippen molar-refractivity contribution in [3.8, 4) is 0 Å². The summed E-state index contributed by atoms with van der Waals surface area (Å²) in [4.78, 5) is 26.7. The highest BCUT2D eigenvalue weighted by Gasteiger charge is 2.21. The number of nitrogens with zero attached hydrogens (tertiary/aromatic N) is 1. The van der Waals surface area contributed by atoms with Gasteiger partial charge in [-0.3, -0.25) is 9.78 Å². The Hall–Kier alpha value is -1.91. The zero-order valence-corrected chi connectivity index (χ0v) is 12.4. The van der Waals surface area contributed by atoms with Gasteiger partial charge in [0.25, 0.3) is 5.91 Å². The lowest BCUT2D eigenvalue weighted by molar-refractivity contribution is 0.0696. The molecular formula is C15H22N2O3. The van der Waals surface area contributed by atoms with Crippen molar-refractivity contribution in [3.63, 3.8) is 0 Å². The molecular weight excluding hydrogens is 256 g/mol. The lowest BCUT2D eigenvalue weighted by Crippen LogP contribution is -2.35. The number of nitrogens with one attached hydrogen (secondary N) is 1. The first-order chi connectivity index (χ1) is 9.21. The van der Waals surface area contributed by atoms with Gasteiger partial charge in [0.1, 0.15) is 5.69 Å². The molecule has 0 fully saturated rings. The second kappa shape index (κ2) is 6.50. The van der Waals surface area contributed by atoms with E-state index in [1.807, 2.05) is 0 Å². The minimum absolute atomic E-state index is 0.00572. The van der Waals surface area contributed by atoms with Crippen molar-refractivity contribution in [3.05, 3.63) is 29.6 Å². The zero-order chi connectivity index (χ0) is 15.3. The average molecular weight is 278 g/mol. The molecule has 110 valence electrons. The summed E-state index contributed by atoms with van der Waals surface area (Å²) in [7, 11) is 0. The fourth-order valence-electron chi connectivity index (χ4n) is 2.28. The number of amides is 1. The molecule has 1 heterocycles. The molecule has 0 radical (unpaired) electrons. The molecule has 0 atom stereocenters. The summed E-state index contributed by atoms with van der Waals surface area (Å²) in [6.45, 7) is 8.99. The van der Waals surface area contributed by atoms with Gasteiger partial charge in [0.15, 0.2) is 0 Å². The number of aromatic nitrogens is 1. The van der Waals surface area contributed by atoms with Crippen LogP contribution >= 0.6 is 0 Å². The number of rotatable bonds is 6. The van der Waals surface area contributed by atoms with E-state index in [0.29, 0.717) is 12.5 Å². The molecule has 1 aromatic rings. The minimum Gasteiger partial charge on any atom is -0.478 e. The van der Waals surface area contributed by atoms with Crippen LogP contribution in [0.25, 0.3) is 0 Å². The van der Waals surface area contributed by atoms with E-state index in [1.54, 1.807) is 0 Å². The summed E-state index contributed by atoms with van der Waals surface area (Å²) in [5.74, 6) is -0.859. The second-order valence-corrected chi connectivity index (χ2v) is 6.18. The Kier molecular flexibility index (Phi) is 5.25. The average Bonchev–Trinajstić information content (AvgIpc) is 2.34. The highest BCUT2D eigenvalue weighted by atomic mass is 16.4.